The predicted octanol–water partition coefficient (Wildman–Crippen LogP) is 7.10. The minimum absolute atomic E-state index is 0.298. The lowest BCUT2D eigenvalue weighted by Gasteiger charge is -2.25. The summed E-state index contributed by atoms with van der Waals surface area (Å²) < 4.78 is 26.2. The molecule has 3 aromatic carbocycles. The Morgan fingerprint density at radius 3 is 1.82 bits per heavy atom. The van der Waals surface area contributed by atoms with Gasteiger partial charge in [0.15, 0.2) is 24.1 Å². The molecule has 2 unspecified atom stereocenters. The van der Waals surface area contributed by atoms with Gasteiger partial charge in [0.1, 0.15) is 29.6 Å². The lowest BCUT2D eigenvalue weighted by Crippen LogP contribution is -2.41. The fourth-order valence-electron chi connectivity index (χ4n) is 5.54. The molecule has 0 N–H and O–H groups in total. The molecule has 0 bridgehead atoms. The van der Waals surface area contributed by atoms with Crippen LogP contribution in [0.2, 0.25) is 0 Å². The highest BCUT2D eigenvalue weighted by molar-refractivity contribution is 7.99. The number of ether oxygens (including phenoxy) is 4. The van der Waals surface area contributed by atoms with Crippen molar-refractivity contribution in [3.63, 3.8) is 0 Å². The molecular weight excluding hydrogens is 669 g/mol. The molecule has 1 aliphatic heterocycles. The van der Waals surface area contributed by atoms with Crippen LogP contribution in [0, 0.1) is 26.7 Å². The van der Waals surface area contributed by atoms with Crippen LogP contribution in [-0.4, -0.2) is 68.1 Å². The zero-order valence-corrected chi connectivity index (χ0v) is 30.0. The average Bonchev–Trinajstić information content (AvgIpc) is 3.69. The van der Waals surface area contributed by atoms with Crippen LogP contribution in [0.25, 0.3) is 11.2 Å². The minimum Gasteiger partial charge on any atom is -0.459 e. The van der Waals surface area contributed by atoms with Crippen molar-refractivity contribution in [3.8, 4) is 0 Å². The third-order valence-electron chi connectivity index (χ3n) is 8.55. The van der Waals surface area contributed by atoms with E-state index in [0.717, 1.165) is 28.9 Å². The van der Waals surface area contributed by atoms with E-state index in [4.69, 9.17) is 18.9 Å². The molecule has 1 saturated heterocycles. The summed E-state index contributed by atoms with van der Waals surface area (Å²) >= 11 is 1.58. The summed E-state index contributed by atoms with van der Waals surface area (Å²) in [4.78, 5) is 54.0. The van der Waals surface area contributed by atoms with Crippen LogP contribution in [-0.2, 0) is 18.9 Å². The Bertz CT molecular complexity index is 2000. The van der Waals surface area contributed by atoms with Crippen molar-refractivity contribution in [1.29, 1.82) is 0 Å². The average molecular weight is 709 g/mol. The summed E-state index contributed by atoms with van der Waals surface area (Å²) in [5.41, 5.74) is 4.89. The molecule has 11 nitrogen and oxygen atoms in total. The van der Waals surface area contributed by atoms with Crippen molar-refractivity contribution < 1.29 is 33.3 Å². The van der Waals surface area contributed by atoms with Crippen LogP contribution < -0.4 is 0 Å². The van der Waals surface area contributed by atoms with E-state index in [-0.39, 0.29) is 6.61 Å². The number of hydrogen-bond acceptors (Lipinski definition) is 11. The molecule has 0 spiro atoms. The van der Waals surface area contributed by atoms with E-state index in [1.807, 2.05) is 32.9 Å². The number of rotatable bonds is 12. The Balaban J connectivity index is 1.37. The van der Waals surface area contributed by atoms with Gasteiger partial charge in [-0.15, -0.1) is 11.8 Å². The van der Waals surface area contributed by atoms with Gasteiger partial charge in [-0.3, -0.25) is 4.57 Å². The molecule has 0 amide bonds. The molecule has 4 atom stereocenters. The van der Waals surface area contributed by atoms with Gasteiger partial charge in [0, 0.05) is 0 Å². The summed E-state index contributed by atoms with van der Waals surface area (Å²) in [6, 6.07) is 20.8. The zero-order valence-electron chi connectivity index (χ0n) is 29.1. The number of hydrogen-bond donors (Lipinski definition) is 0. The van der Waals surface area contributed by atoms with Gasteiger partial charge in [0.25, 0.3) is 0 Å². The fourth-order valence-corrected chi connectivity index (χ4v) is 6.73. The normalized spacial score (nSPS) is 18.5. The highest BCUT2D eigenvalue weighted by Gasteiger charge is 2.52. The highest BCUT2D eigenvalue weighted by Crippen LogP contribution is 2.38. The van der Waals surface area contributed by atoms with Gasteiger partial charge in [-0.25, -0.2) is 29.3 Å². The van der Waals surface area contributed by atoms with Gasteiger partial charge in [-0.2, -0.15) is 0 Å². The summed E-state index contributed by atoms with van der Waals surface area (Å²) in [6.07, 6.45) is -0.486. The maximum atomic E-state index is 13.7. The van der Waals surface area contributed by atoms with Crippen molar-refractivity contribution in [3.05, 3.63) is 119 Å². The maximum absolute atomic E-state index is 13.7. The quantitative estimate of drug-likeness (QED) is 0.0569. The summed E-state index contributed by atoms with van der Waals surface area (Å²) in [7, 11) is 0. The maximum Gasteiger partial charge on any atom is 0.338 e. The lowest BCUT2D eigenvalue weighted by molar-refractivity contribution is -0.0606. The van der Waals surface area contributed by atoms with E-state index in [9.17, 15) is 14.4 Å². The van der Waals surface area contributed by atoms with Crippen molar-refractivity contribution >= 4 is 40.8 Å². The second-order valence-corrected chi connectivity index (χ2v) is 14.1. The first-order valence-electron chi connectivity index (χ1n) is 16.8. The number of carbonyl (C=O) groups excluding carboxylic acids is 3. The topological polar surface area (TPSA) is 132 Å². The van der Waals surface area contributed by atoms with Crippen molar-refractivity contribution in [2.75, 3.05) is 12.4 Å². The number of nitrogens with zero attached hydrogens (tertiary/aromatic N) is 4. The Labute approximate surface area is 300 Å². The molecule has 3 heterocycles. The van der Waals surface area contributed by atoms with Crippen LogP contribution in [0.15, 0.2) is 90.5 Å². The molecule has 0 aliphatic carbocycles. The molecule has 5 aromatic rings. The first kappa shape index (κ1) is 35.7. The molecule has 0 saturated carbocycles. The van der Waals surface area contributed by atoms with Crippen molar-refractivity contribution in [2.45, 2.75) is 70.6 Å². The smallest absolute Gasteiger partial charge is 0.338 e. The first-order valence-corrected chi connectivity index (χ1v) is 17.8. The Hall–Kier alpha value is -5.07. The molecule has 1 fully saturated rings. The Morgan fingerprint density at radius 2 is 1.27 bits per heavy atom. The second-order valence-electron chi connectivity index (χ2n) is 13.0. The molecule has 0 radical (unpaired) electrons. The largest absolute Gasteiger partial charge is 0.459 e. The first-order chi connectivity index (χ1) is 24.6. The van der Waals surface area contributed by atoms with Gasteiger partial charge in [-0.1, -0.05) is 66.9 Å². The summed E-state index contributed by atoms with van der Waals surface area (Å²) in [5.74, 6) is -0.510. The Kier molecular flexibility index (Phi) is 11.1. The van der Waals surface area contributed by atoms with Gasteiger partial charge in [0.2, 0.25) is 0 Å². The molecule has 6 rings (SSSR count). The number of benzene rings is 3. The number of thioether (sulfide) groups is 1. The van der Waals surface area contributed by atoms with Gasteiger partial charge in [-0.05, 0) is 75.3 Å². The van der Waals surface area contributed by atoms with Crippen molar-refractivity contribution in [2.24, 2.45) is 5.92 Å². The lowest BCUT2D eigenvalue weighted by atomic mass is 10.1. The number of aromatic nitrogens is 4. The second kappa shape index (κ2) is 15.9. The van der Waals surface area contributed by atoms with Gasteiger partial charge < -0.3 is 18.9 Å². The highest BCUT2D eigenvalue weighted by atomic mass is 32.2. The van der Waals surface area contributed by atoms with Crippen LogP contribution in [0.3, 0.4) is 0 Å². The predicted molar refractivity (Wildman–Crippen MR) is 192 cm³/mol. The van der Waals surface area contributed by atoms with E-state index in [2.05, 4.69) is 28.8 Å². The molecule has 12 heteroatoms. The van der Waals surface area contributed by atoms with E-state index >= 15 is 0 Å². The molecule has 51 heavy (non-hydrogen) atoms. The van der Waals surface area contributed by atoms with Crippen LogP contribution in [0.4, 0.5) is 0 Å². The monoisotopic (exact) mass is 708 g/mol. The zero-order chi connectivity index (χ0) is 36.1. The summed E-state index contributed by atoms with van der Waals surface area (Å²) in [6.45, 7) is 9.78. The van der Waals surface area contributed by atoms with E-state index in [1.54, 1.807) is 83.3 Å². The van der Waals surface area contributed by atoms with E-state index < -0.39 is 42.4 Å². The number of fused-ring (bicyclic) bond motifs is 1. The fraction of sp³-hybridized carbons (Fsp3) is 0.333. The molecule has 2 aromatic heterocycles. The summed E-state index contributed by atoms with van der Waals surface area (Å²) in [5, 5.41) is 0.705. The molecule has 264 valence electrons. The standard InChI is InChI=1S/C39H40N4O7S/c1-23(2)18-19-51-35-31-34(40-21-41-35)43(22-42-31)36-33(50-39(46)29-16-10-26(5)11-17-29)32(49-38(45)28-14-8-25(4)9-15-28)30(48-36)20-47-37(44)27-12-6-24(3)7-13-27/h6-17,21-23,30,32-33,36H,18-20H2,1-5H3/t30-,32?,33?,36-/m1/s1. The number of aryl methyl sites for hydroxylation is 3. The molecular formula is C39H40N4O7S. The van der Waals surface area contributed by atoms with Crippen LogP contribution >= 0.6 is 11.8 Å². The van der Waals surface area contributed by atoms with Gasteiger partial charge >= 0.3 is 17.9 Å². The SMILES string of the molecule is Cc1ccc(C(=O)OC[C@H]2O[C@@H](n3cnc4c(SCCC(C)C)ncnc43)C(OC(=O)c3ccc(C)cc3)C2OC(=O)c2ccc(C)cc2)cc1. The number of carbonyl (C=O) groups is 3. The minimum atomic E-state index is -1.19. The third-order valence-corrected chi connectivity index (χ3v) is 9.56. The van der Waals surface area contributed by atoms with Crippen molar-refractivity contribution in [1.82, 2.24) is 19.5 Å². The third kappa shape index (κ3) is 8.46. The molecule has 1 aliphatic rings. The van der Waals surface area contributed by atoms with Crippen LogP contribution in [0.5, 0.6) is 0 Å². The number of imidazole rings is 1. The van der Waals surface area contributed by atoms with E-state index in [0.29, 0.717) is 38.8 Å². The Morgan fingerprint density at radius 1 is 0.745 bits per heavy atom. The van der Waals surface area contributed by atoms with Gasteiger partial charge in [0.05, 0.1) is 23.0 Å². The van der Waals surface area contributed by atoms with E-state index in [1.165, 1.54) is 6.33 Å². The number of esters is 3. The van der Waals surface area contributed by atoms with Crippen LogP contribution in [0.1, 0.15) is 74.3 Å².